The van der Waals surface area contributed by atoms with Crippen molar-refractivity contribution in [2.45, 2.75) is 25.2 Å². The van der Waals surface area contributed by atoms with Crippen molar-refractivity contribution in [3.63, 3.8) is 0 Å². The molecule has 0 bridgehead atoms. The van der Waals surface area contributed by atoms with Gasteiger partial charge < -0.3 is 4.90 Å². The molecule has 118 valence electrons. The van der Waals surface area contributed by atoms with Crippen molar-refractivity contribution in [2.75, 3.05) is 13.1 Å². The smallest absolute Gasteiger partial charge is 0.223 e. The number of carbonyl (C=O) groups is 2. The Morgan fingerprint density at radius 1 is 0.870 bits per heavy atom. The molecule has 2 aromatic carbocycles. The van der Waals surface area contributed by atoms with Crippen LogP contribution in [0.1, 0.15) is 36.3 Å². The summed E-state index contributed by atoms with van der Waals surface area (Å²) in [5.41, 5.74) is 2.31. The second-order valence-corrected chi connectivity index (χ2v) is 6.00. The molecule has 3 heteroatoms. The molecule has 0 radical (unpaired) electrons. The van der Waals surface area contributed by atoms with Crippen molar-refractivity contribution >= 4 is 11.7 Å². The Hall–Kier alpha value is -2.42. The third-order valence-electron chi connectivity index (χ3n) is 4.46. The van der Waals surface area contributed by atoms with Crippen LogP contribution in [0.3, 0.4) is 0 Å². The topological polar surface area (TPSA) is 37.4 Å². The van der Waals surface area contributed by atoms with Crippen molar-refractivity contribution in [3.05, 3.63) is 71.8 Å². The molecule has 1 aliphatic heterocycles. The van der Waals surface area contributed by atoms with Gasteiger partial charge in [0.2, 0.25) is 5.91 Å². The lowest BCUT2D eigenvalue weighted by atomic mass is 9.88. The second-order valence-electron chi connectivity index (χ2n) is 6.00. The molecule has 0 N–H and O–H groups in total. The van der Waals surface area contributed by atoms with Gasteiger partial charge in [-0.05, 0) is 11.1 Å². The molecular formula is C20H21NO2. The molecule has 0 aliphatic carbocycles. The maximum absolute atomic E-state index is 12.7. The lowest BCUT2D eigenvalue weighted by Crippen LogP contribution is -2.39. The molecule has 1 fully saturated rings. The van der Waals surface area contributed by atoms with Gasteiger partial charge >= 0.3 is 0 Å². The van der Waals surface area contributed by atoms with E-state index < -0.39 is 0 Å². The molecule has 0 atom stereocenters. The third-order valence-corrected chi connectivity index (χ3v) is 4.46. The third kappa shape index (κ3) is 3.86. The summed E-state index contributed by atoms with van der Waals surface area (Å²) in [7, 11) is 0. The number of carbonyl (C=O) groups excluding carboxylic acids is 2. The zero-order valence-electron chi connectivity index (χ0n) is 13.2. The highest BCUT2D eigenvalue weighted by molar-refractivity contribution is 5.84. The maximum atomic E-state index is 12.7. The summed E-state index contributed by atoms with van der Waals surface area (Å²) >= 11 is 0. The first kappa shape index (κ1) is 15.5. The van der Waals surface area contributed by atoms with Gasteiger partial charge in [0.05, 0.1) is 0 Å². The summed E-state index contributed by atoms with van der Waals surface area (Å²) in [6, 6.07) is 20.3. The predicted molar refractivity (Wildman–Crippen MR) is 90.2 cm³/mol. The summed E-state index contributed by atoms with van der Waals surface area (Å²) in [5, 5.41) is 0. The number of likely N-dealkylation sites (tertiary alicyclic amines) is 1. The standard InChI is InChI=1S/C20H21NO2/c22-18-11-13-21(14-12-18)20(23)15-19(16-7-3-1-4-8-16)17-9-5-2-6-10-17/h1-10,19H,11-15H2. The number of benzene rings is 2. The van der Waals surface area contributed by atoms with Crippen LogP contribution >= 0.6 is 0 Å². The fourth-order valence-electron chi connectivity index (χ4n) is 3.11. The molecule has 3 nitrogen and oxygen atoms in total. The number of hydrogen-bond donors (Lipinski definition) is 0. The summed E-state index contributed by atoms with van der Waals surface area (Å²) in [5.74, 6) is 0.453. The van der Waals surface area contributed by atoms with Crippen LogP contribution in [0, 0.1) is 0 Å². The van der Waals surface area contributed by atoms with Crippen LogP contribution in [0.5, 0.6) is 0 Å². The Morgan fingerprint density at radius 3 is 1.83 bits per heavy atom. The number of rotatable bonds is 4. The monoisotopic (exact) mass is 307 g/mol. The summed E-state index contributed by atoms with van der Waals surface area (Å²) < 4.78 is 0. The van der Waals surface area contributed by atoms with Crippen LogP contribution in [0.2, 0.25) is 0 Å². The van der Waals surface area contributed by atoms with Crippen LogP contribution in [0.15, 0.2) is 60.7 Å². The van der Waals surface area contributed by atoms with E-state index in [4.69, 9.17) is 0 Å². The van der Waals surface area contributed by atoms with E-state index in [-0.39, 0.29) is 17.6 Å². The number of ketones is 1. The molecule has 1 saturated heterocycles. The van der Waals surface area contributed by atoms with Gasteiger partial charge in [-0.1, -0.05) is 60.7 Å². The molecule has 2 aromatic rings. The van der Waals surface area contributed by atoms with Crippen LogP contribution in [0.25, 0.3) is 0 Å². The lowest BCUT2D eigenvalue weighted by molar-refractivity contribution is -0.134. The molecule has 23 heavy (non-hydrogen) atoms. The maximum Gasteiger partial charge on any atom is 0.223 e. The van der Waals surface area contributed by atoms with Crippen LogP contribution in [-0.4, -0.2) is 29.7 Å². The van der Waals surface area contributed by atoms with Gasteiger partial charge in [-0.2, -0.15) is 0 Å². The highest BCUT2D eigenvalue weighted by atomic mass is 16.2. The summed E-state index contributed by atoms with van der Waals surface area (Å²) in [6.07, 6.45) is 1.43. The normalized spacial score (nSPS) is 15.0. The molecule has 0 aromatic heterocycles. The van der Waals surface area contributed by atoms with Crippen molar-refractivity contribution in [1.82, 2.24) is 4.90 Å². The minimum atomic E-state index is 0.0579. The Kier molecular flexibility index (Phi) is 4.86. The Labute approximate surface area is 136 Å². The minimum Gasteiger partial charge on any atom is -0.342 e. The van der Waals surface area contributed by atoms with E-state index in [1.165, 1.54) is 0 Å². The van der Waals surface area contributed by atoms with Crippen molar-refractivity contribution in [1.29, 1.82) is 0 Å². The first-order valence-electron chi connectivity index (χ1n) is 8.13. The number of amides is 1. The van der Waals surface area contributed by atoms with E-state index in [0.717, 1.165) is 11.1 Å². The molecule has 0 spiro atoms. The molecule has 1 heterocycles. The van der Waals surface area contributed by atoms with Crippen molar-refractivity contribution < 1.29 is 9.59 Å². The highest BCUT2D eigenvalue weighted by Crippen LogP contribution is 2.28. The minimum absolute atomic E-state index is 0.0579. The van der Waals surface area contributed by atoms with E-state index in [1.54, 1.807) is 0 Å². The molecule has 0 unspecified atom stereocenters. The van der Waals surface area contributed by atoms with Crippen molar-refractivity contribution in [2.24, 2.45) is 0 Å². The van der Waals surface area contributed by atoms with E-state index in [9.17, 15) is 9.59 Å². The lowest BCUT2D eigenvalue weighted by Gasteiger charge is -2.28. The van der Waals surface area contributed by atoms with E-state index in [1.807, 2.05) is 41.3 Å². The quantitative estimate of drug-likeness (QED) is 0.868. The average molecular weight is 307 g/mol. The first-order valence-corrected chi connectivity index (χ1v) is 8.13. The van der Waals surface area contributed by atoms with E-state index >= 15 is 0 Å². The van der Waals surface area contributed by atoms with Crippen molar-refractivity contribution in [3.8, 4) is 0 Å². The summed E-state index contributed by atoms with van der Waals surface area (Å²) in [6.45, 7) is 1.13. The predicted octanol–water partition coefficient (Wildman–Crippen LogP) is 3.40. The fraction of sp³-hybridized carbons (Fsp3) is 0.300. The van der Waals surface area contributed by atoms with Gasteiger partial charge in [0.25, 0.3) is 0 Å². The Morgan fingerprint density at radius 2 is 1.35 bits per heavy atom. The van der Waals surface area contributed by atoms with Crippen LogP contribution in [0.4, 0.5) is 0 Å². The van der Waals surface area contributed by atoms with Gasteiger partial charge in [-0.15, -0.1) is 0 Å². The zero-order chi connectivity index (χ0) is 16.1. The Bertz CT molecular complexity index is 617. The van der Waals surface area contributed by atoms with Crippen LogP contribution in [-0.2, 0) is 9.59 Å². The summed E-state index contributed by atoms with van der Waals surface area (Å²) in [4.78, 5) is 25.9. The number of hydrogen-bond acceptors (Lipinski definition) is 2. The van der Waals surface area contributed by atoms with Gasteiger partial charge in [0.15, 0.2) is 0 Å². The molecule has 3 rings (SSSR count). The number of nitrogens with zero attached hydrogens (tertiary/aromatic N) is 1. The molecule has 1 amide bonds. The molecule has 1 aliphatic rings. The van der Waals surface area contributed by atoms with Gasteiger partial charge in [0, 0.05) is 38.3 Å². The van der Waals surface area contributed by atoms with Gasteiger partial charge in [-0.25, -0.2) is 0 Å². The average Bonchev–Trinajstić information content (AvgIpc) is 2.61. The van der Waals surface area contributed by atoms with Gasteiger partial charge in [-0.3, -0.25) is 9.59 Å². The molecular weight excluding hydrogens is 286 g/mol. The largest absolute Gasteiger partial charge is 0.342 e. The SMILES string of the molecule is O=C1CCN(C(=O)CC(c2ccccc2)c2ccccc2)CC1. The van der Waals surface area contributed by atoms with E-state index in [0.29, 0.717) is 32.4 Å². The number of piperidine rings is 1. The number of Topliss-reactive ketones (excluding diaryl/α,β-unsaturated/α-hetero) is 1. The molecule has 0 saturated carbocycles. The van der Waals surface area contributed by atoms with Crippen LogP contribution < -0.4 is 0 Å². The van der Waals surface area contributed by atoms with Gasteiger partial charge in [0.1, 0.15) is 5.78 Å². The first-order chi connectivity index (χ1) is 11.2. The Balaban J connectivity index is 1.79. The second kappa shape index (κ2) is 7.23. The fourth-order valence-corrected chi connectivity index (χ4v) is 3.11. The highest BCUT2D eigenvalue weighted by Gasteiger charge is 2.24. The zero-order valence-corrected chi connectivity index (χ0v) is 13.2. The van der Waals surface area contributed by atoms with E-state index in [2.05, 4.69) is 24.3 Å².